The van der Waals surface area contributed by atoms with Crippen LogP contribution in [0.5, 0.6) is 0 Å². The summed E-state index contributed by atoms with van der Waals surface area (Å²) in [7, 11) is 1.71. The van der Waals surface area contributed by atoms with E-state index in [0.717, 1.165) is 19.7 Å². The van der Waals surface area contributed by atoms with E-state index >= 15 is 0 Å². The monoisotopic (exact) mass is 215 g/mol. The second-order valence-corrected chi connectivity index (χ2v) is 4.14. The van der Waals surface area contributed by atoms with Gasteiger partial charge < -0.3 is 15.7 Å². The van der Waals surface area contributed by atoms with Crippen molar-refractivity contribution in [2.75, 3.05) is 26.8 Å². The molecule has 0 heterocycles. The quantitative estimate of drug-likeness (QED) is 0.280. The second-order valence-electron chi connectivity index (χ2n) is 4.14. The molecule has 1 atom stereocenters. The number of oxime groups is 1. The van der Waals surface area contributed by atoms with E-state index in [-0.39, 0.29) is 5.92 Å². The van der Waals surface area contributed by atoms with Gasteiger partial charge in [0.05, 0.1) is 6.61 Å². The zero-order valence-electron chi connectivity index (χ0n) is 9.52. The van der Waals surface area contributed by atoms with Crippen LogP contribution < -0.4 is 5.73 Å². The number of hydrogen-bond donors (Lipinski definition) is 2. The smallest absolute Gasteiger partial charge is 0.143 e. The zero-order chi connectivity index (χ0) is 11.3. The number of nitrogens with zero attached hydrogens (tertiary/aromatic N) is 2. The molecule has 1 aliphatic carbocycles. The standard InChI is InChI=1S/C10H21N3O2/c1-8(10(11)12-14)7-13(5-6-15-2)9-3-4-9/h8-9,14H,3-7H2,1-2H3,(H2,11,12). The van der Waals surface area contributed by atoms with Crippen molar-refractivity contribution in [1.29, 1.82) is 0 Å². The topological polar surface area (TPSA) is 71.1 Å². The molecule has 88 valence electrons. The number of hydrogen-bond acceptors (Lipinski definition) is 4. The molecule has 0 spiro atoms. The van der Waals surface area contributed by atoms with Gasteiger partial charge in [-0.05, 0) is 12.8 Å². The highest BCUT2D eigenvalue weighted by Crippen LogP contribution is 2.27. The largest absolute Gasteiger partial charge is 0.409 e. The maximum atomic E-state index is 8.57. The summed E-state index contributed by atoms with van der Waals surface area (Å²) >= 11 is 0. The van der Waals surface area contributed by atoms with Crippen molar-refractivity contribution in [2.45, 2.75) is 25.8 Å². The Morgan fingerprint density at radius 1 is 1.67 bits per heavy atom. The van der Waals surface area contributed by atoms with Crippen LogP contribution in [0, 0.1) is 5.92 Å². The minimum atomic E-state index is 0.0902. The predicted octanol–water partition coefficient (Wildman–Crippen LogP) is 0.480. The Balaban J connectivity index is 2.36. The van der Waals surface area contributed by atoms with Gasteiger partial charge in [0.1, 0.15) is 5.84 Å². The SMILES string of the molecule is COCCN(CC(C)/C(N)=N/O)C1CC1. The summed E-state index contributed by atoms with van der Waals surface area (Å²) in [4.78, 5) is 2.35. The normalized spacial score (nSPS) is 19.5. The fourth-order valence-corrected chi connectivity index (χ4v) is 1.62. The molecule has 0 aromatic heterocycles. The molecule has 0 aliphatic heterocycles. The van der Waals surface area contributed by atoms with E-state index in [0.29, 0.717) is 11.9 Å². The number of rotatable bonds is 7. The van der Waals surface area contributed by atoms with Crippen LogP contribution in [0.1, 0.15) is 19.8 Å². The van der Waals surface area contributed by atoms with Gasteiger partial charge in [0.2, 0.25) is 0 Å². The lowest BCUT2D eigenvalue weighted by molar-refractivity contribution is 0.139. The molecule has 0 radical (unpaired) electrons. The third kappa shape index (κ3) is 4.05. The summed E-state index contributed by atoms with van der Waals surface area (Å²) in [5, 5.41) is 11.6. The maximum absolute atomic E-state index is 8.57. The van der Waals surface area contributed by atoms with Crippen LogP contribution in [-0.2, 0) is 4.74 Å². The van der Waals surface area contributed by atoms with Gasteiger partial charge in [-0.1, -0.05) is 12.1 Å². The van der Waals surface area contributed by atoms with Crippen LogP contribution in [0.3, 0.4) is 0 Å². The molecule has 5 nitrogen and oxygen atoms in total. The van der Waals surface area contributed by atoms with E-state index in [1.807, 2.05) is 6.92 Å². The van der Waals surface area contributed by atoms with Crippen LogP contribution in [0.15, 0.2) is 5.16 Å². The summed E-state index contributed by atoms with van der Waals surface area (Å²) in [6, 6.07) is 0.675. The van der Waals surface area contributed by atoms with Gasteiger partial charge in [-0.3, -0.25) is 4.90 Å². The highest BCUT2D eigenvalue weighted by molar-refractivity contribution is 5.82. The number of nitrogens with two attached hydrogens (primary N) is 1. The first-order valence-electron chi connectivity index (χ1n) is 5.39. The molecule has 1 saturated carbocycles. The average molecular weight is 215 g/mol. The Morgan fingerprint density at radius 2 is 2.33 bits per heavy atom. The van der Waals surface area contributed by atoms with Gasteiger partial charge in [0, 0.05) is 32.2 Å². The first-order chi connectivity index (χ1) is 7.19. The summed E-state index contributed by atoms with van der Waals surface area (Å²) in [6.45, 7) is 4.46. The lowest BCUT2D eigenvalue weighted by Gasteiger charge is -2.24. The summed E-state index contributed by atoms with van der Waals surface area (Å²) in [5.41, 5.74) is 5.56. The summed E-state index contributed by atoms with van der Waals surface area (Å²) in [5.74, 6) is 0.394. The minimum absolute atomic E-state index is 0.0902. The molecular formula is C10H21N3O2. The molecule has 3 N–H and O–H groups in total. The summed E-state index contributed by atoms with van der Waals surface area (Å²) in [6.07, 6.45) is 2.51. The molecule has 0 amide bonds. The molecule has 1 rings (SSSR count). The van der Waals surface area contributed by atoms with Gasteiger partial charge in [0.15, 0.2) is 0 Å². The Bertz CT molecular complexity index is 217. The molecule has 0 aromatic rings. The van der Waals surface area contributed by atoms with Crippen molar-refractivity contribution in [3.8, 4) is 0 Å². The second kappa shape index (κ2) is 5.92. The number of amidine groups is 1. The van der Waals surface area contributed by atoms with Crippen molar-refractivity contribution >= 4 is 5.84 Å². The third-order valence-electron chi connectivity index (χ3n) is 2.77. The van der Waals surface area contributed by atoms with E-state index in [9.17, 15) is 0 Å². The lowest BCUT2D eigenvalue weighted by atomic mass is 10.1. The molecule has 15 heavy (non-hydrogen) atoms. The molecule has 5 heteroatoms. The molecular weight excluding hydrogens is 194 g/mol. The van der Waals surface area contributed by atoms with Crippen LogP contribution in [0.4, 0.5) is 0 Å². The van der Waals surface area contributed by atoms with Crippen LogP contribution in [-0.4, -0.2) is 48.8 Å². The van der Waals surface area contributed by atoms with E-state index in [1.54, 1.807) is 7.11 Å². The van der Waals surface area contributed by atoms with Crippen LogP contribution >= 0.6 is 0 Å². The van der Waals surface area contributed by atoms with Gasteiger partial charge in [-0.15, -0.1) is 0 Å². The van der Waals surface area contributed by atoms with Crippen molar-refractivity contribution in [2.24, 2.45) is 16.8 Å². The Kier molecular flexibility index (Phi) is 4.84. The lowest BCUT2D eigenvalue weighted by Crippen LogP contribution is -2.38. The zero-order valence-corrected chi connectivity index (χ0v) is 9.52. The third-order valence-corrected chi connectivity index (χ3v) is 2.77. The molecule has 1 aliphatic rings. The fourth-order valence-electron chi connectivity index (χ4n) is 1.62. The molecule has 1 unspecified atom stereocenters. The molecule has 0 saturated heterocycles. The number of methoxy groups -OCH3 is 1. The van der Waals surface area contributed by atoms with Gasteiger partial charge >= 0.3 is 0 Å². The maximum Gasteiger partial charge on any atom is 0.143 e. The van der Waals surface area contributed by atoms with Crippen LogP contribution in [0.2, 0.25) is 0 Å². The highest BCUT2D eigenvalue weighted by atomic mass is 16.5. The van der Waals surface area contributed by atoms with Crippen molar-refractivity contribution in [3.63, 3.8) is 0 Å². The minimum Gasteiger partial charge on any atom is -0.409 e. The van der Waals surface area contributed by atoms with E-state index in [4.69, 9.17) is 15.7 Å². The highest BCUT2D eigenvalue weighted by Gasteiger charge is 2.29. The Morgan fingerprint density at radius 3 is 2.80 bits per heavy atom. The van der Waals surface area contributed by atoms with E-state index < -0.39 is 0 Å². The Labute approximate surface area is 90.9 Å². The Hall–Kier alpha value is -0.810. The molecule has 0 bridgehead atoms. The first-order valence-corrected chi connectivity index (χ1v) is 5.39. The van der Waals surface area contributed by atoms with Gasteiger partial charge in [-0.2, -0.15) is 0 Å². The summed E-state index contributed by atoms with van der Waals surface area (Å²) < 4.78 is 5.07. The van der Waals surface area contributed by atoms with Crippen molar-refractivity contribution in [3.05, 3.63) is 0 Å². The number of ether oxygens (including phenoxy) is 1. The van der Waals surface area contributed by atoms with E-state index in [1.165, 1.54) is 12.8 Å². The van der Waals surface area contributed by atoms with Gasteiger partial charge in [0.25, 0.3) is 0 Å². The molecule has 1 fully saturated rings. The van der Waals surface area contributed by atoms with E-state index in [2.05, 4.69) is 10.1 Å². The van der Waals surface area contributed by atoms with Crippen LogP contribution in [0.25, 0.3) is 0 Å². The van der Waals surface area contributed by atoms with Crippen molar-refractivity contribution < 1.29 is 9.94 Å². The fraction of sp³-hybridized carbons (Fsp3) is 0.900. The predicted molar refractivity (Wildman–Crippen MR) is 59.0 cm³/mol. The first kappa shape index (κ1) is 12.3. The van der Waals surface area contributed by atoms with Crippen molar-refractivity contribution in [1.82, 2.24) is 4.90 Å². The average Bonchev–Trinajstić information content (AvgIpc) is 3.06. The molecule has 0 aromatic carbocycles. The van der Waals surface area contributed by atoms with Gasteiger partial charge in [-0.25, -0.2) is 0 Å².